The first-order valence-corrected chi connectivity index (χ1v) is 7.37. The van der Waals surface area contributed by atoms with Crippen LogP contribution >= 0.6 is 0 Å². The van der Waals surface area contributed by atoms with Gasteiger partial charge in [-0.05, 0) is 57.0 Å². The third-order valence-corrected chi connectivity index (χ3v) is 5.02. The monoisotopic (exact) mass is 222 g/mol. The van der Waals surface area contributed by atoms with E-state index in [2.05, 4.69) is 10.2 Å². The largest absolute Gasteiger partial charge is 0.312 e. The molecule has 2 bridgehead atoms. The van der Waals surface area contributed by atoms with Crippen LogP contribution in [0.5, 0.6) is 0 Å². The zero-order valence-electron chi connectivity index (χ0n) is 10.5. The fraction of sp³-hybridized carbons (Fsp3) is 1.00. The summed E-state index contributed by atoms with van der Waals surface area (Å²) in [6, 6.07) is 0.878. The normalized spacial score (nSPS) is 39.4. The average Bonchev–Trinajstić information content (AvgIpc) is 2.92. The lowest BCUT2D eigenvalue weighted by Gasteiger charge is -2.28. The lowest BCUT2D eigenvalue weighted by atomic mass is 9.95. The lowest BCUT2D eigenvalue weighted by molar-refractivity contribution is 0.221. The Morgan fingerprint density at radius 3 is 2.56 bits per heavy atom. The van der Waals surface area contributed by atoms with Crippen LogP contribution in [0, 0.1) is 11.8 Å². The van der Waals surface area contributed by atoms with E-state index in [4.69, 9.17) is 0 Å². The minimum atomic E-state index is 0.878. The Morgan fingerprint density at radius 2 is 1.88 bits per heavy atom. The van der Waals surface area contributed by atoms with E-state index in [1.807, 2.05) is 0 Å². The number of fused-ring (bicyclic) bond motifs is 2. The molecule has 0 aromatic carbocycles. The molecule has 2 aliphatic carbocycles. The Hall–Kier alpha value is -0.0800. The van der Waals surface area contributed by atoms with Crippen molar-refractivity contribution in [3.8, 4) is 0 Å². The molecule has 3 fully saturated rings. The molecule has 2 nitrogen and oxygen atoms in total. The highest BCUT2D eigenvalue weighted by Gasteiger charge is 2.38. The fourth-order valence-electron chi connectivity index (χ4n) is 4.09. The average molecular weight is 222 g/mol. The van der Waals surface area contributed by atoms with Crippen LogP contribution < -0.4 is 5.32 Å². The minimum absolute atomic E-state index is 0.878. The van der Waals surface area contributed by atoms with Crippen LogP contribution in [0.15, 0.2) is 0 Å². The summed E-state index contributed by atoms with van der Waals surface area (Å²) in [6.07, 6.45) is 10.3. The van der Waals surface area contributed by atoms with Gasteiger partial charge in [0.15, 0.2) is 0 Å². The second kappa shape index (κ2) is 5.05. The number of nitrogens with zero attached hydrogens (tertiary/aromatic N) is 1. The molecular weight excluding hydrogens is 196 g/mol. The summed E-state index contributed by atoms with van der Waals surface area (Å²) in [6.45, 7) is 5.21. The zero-order chi connectivity index (χ0) is 10.8. The molecule has 0 radical (unpaired) electrons. The van der Waals surface area contributed by atoms with Crippen molar-refractivity contribution in [2.24, 2.45) is 11.8 Å². The van der Waals surface area contributed by atoms with Crippen LogP contribution in [0.3, 0.4) is 0 Å². The molecule has 2 saturated carbocycles. The van der Waals surface area contributed by atoms with Gasteiger partial charge in [0.2, 0.25) is 0 Å². The van der Waals surface area contributed by atoms with Crippen LogP contribution in [0.25, 0.3) is 0 Å². The van der Waals surface area contributed by atoms with Gasteiger partial charge in [0.25, 0.3) is 0 Å². The topological polar surface area (TPSA) is 15.3 Å². The summed E-state index contributed by atoms with van der Waals surface area (Å²) in [7, 11) is 0. The molecule has 2 heteroatoms. The summed E-state index contributed by atoms with van der Waals surface area (Å²) in [5, 5.41) is 3.82. The van der Waals surface area contributed by atoms with Crippen LogP contribution in [0.2, 0.25) is 0 Å². The molecule has 0 aromatic heterocycles. The maximum Gasteiger partial charge on any atom is 0.0107 e. The summed E-state index contributed by atoms with van der Waals surface area (Å²) in [5.41, 5.74) is 0. The molecule has 16 heavy (non-hydrogen) atoms. The van der Waals surface area contributed by atoms with Gasteiger partial charge in [-0.15, -0.1) is 0 Å². The van der Waals surface area contributed by atoms with Gasteiger partial charge < -0.3 is 10.2 Å². The predicted octanol–water partition coefficient (Wildman–Crippen LogP) is 2.25. The molecule has 1 heterocycles. The van der Waals surface area contributed by atoms with E-state index in [1.165, 1.54) is 71.1 Å². The van der Waals surface area contributed by atoms with Crippen molar-refractivity contribution in [2.75, 3.05) is 26.2 Å². The van der Waals surface area contributed by atoms with E-state index in [0.717, 1.165) is 17.9 Å². The molecular formula is C14H26N2. The Morgan fingerprint density at radius 1 is 1.00 bits per heavy atom. The van der Waals surface area contributed by atoms with Crippen molar-refractivity contribution in [2.45, 2.75) is 51.0 Å². The molecule has 0 spiro atoms. The number of rotatable bonds is 4. The van der Waals surface area contributed by atoms with Gasteiger partial charge in [-0.2, -0.15) is 0 Å². The zero-order valence-corrected chi connectivity index (χ0v) is 10.5. The summed E-state index contributed by atoms with van der Waals surface area (Å²) in [5.74, 6) is 2.11. The van der Waals surface area contributed by atoms with Crippen LogP contribution in [0.4, 0.5) is 0 Å². The van der Waals surface area contributed by atoms with Crippen molar-refractivity contribution in [1.29, 1.82) is 0 Å². The van der Waals surface area contributed by atoms with Gasteiger partial charge >= 0.3 is 0 Å². The van der Waals surface area contributed by atoms with Crippen LogP contribution in [0.1, 0.15) is 44.9 Å². The molecule has 3 atom stereocenters. The molecule has 92 valence electrons. The second-order valence-electron chi connectivity index (χ2n) is 6.14. The highest BCUT2D eigenvalue weighted by atomic mass is 15.1. The van der Waals surface area contributed by atoms with E-state index in [9.17, 15) is 0 Å². The molecule has 0 aromatic rings. The molecule has 1 saturated heterocycles. The minimum Gasteiger partial charge on any atom is -0.312 e. The van der Waals surface area contributed by atoms with E-state index in [-0.39, 0.29) is 0 Å². The number of hydrogen-bond donors (Lipinski definition) is 1. The lowest BCUT2D eigenvalue weighted by Crippen LogP contribution is -2.41. The smallest absolute Gasteiger partial charge is 0.0107 e. The summed E-state index contributed by atoms with van der Waals surface area (Å²) in [4.78, 5) is 2.64. The van der Waals surface area contributed by atoms with Crippen molar-refractivity contribution in [3.05, 3.63) is 0 Å². The van der Waals surface area contributed by atoms with Gasteiger partial charge in [0, 0.05) is 19.1 Å². The number of hydrogen-bond acceptors (Lipinski definition) is 2. The van der Waals surface area contributed by atoms with Crippen LogP contribution in [-0.2, 0) is 0 Å². The Kier molecular flexibility index (Phi) is 3.49. The fourth-order valence-corrected chi connectivity index (χ4v) is 4.09. The first kappa shape index (κ1) is 11.0. The Balaban J connectivity index is 1.34. The first-order valence-electron chi connectivity index (χ1n) is 7.37. The van der Waals surface area contributed by atoms with Gasteiger partial charge in [0.1, 0.15) is 0 Å². The predicted molar refractivity (Wildman–Crippen MR) is 67.5 cm³/mol. The second-order valence-corrected chi connectivity index (χ2v) is 6.14. The van der Waals surface area contributed by atoms with Gasteiger partial charge in [-0.3, -0.25) is 0 Å². The highest BCUT2D eigenvalue weighted by molar-refractivity contribution is 4.94. The van der Waals surface area contributed by atoms with Crippen molar-refractivity contribution in [1.82, 2.24) is 10.2 Å². The van der Waals surface area contributed by atoms with E-state index < -0.39 is 0 Å². The van der Waals surface area contributed by atoms with Crippen molar-refractivity contribution in [3.63, 3.8) is 0 Å². The SMILES string of the molecule is C1CCN(CCN[C@@H]2C[C@@H]3CC[C@H]2C3)CC1. The van der Waals surface area contributed by atoms with E-state index >= 15 is 0 Å². The quantitative estimate of drug-likeness (QED) is 0.785. The van der Waals surface area contributed by atoms with Gasteiger partial charge in [0.05, 0.1) is 0 Å². The maximum absolute atomic E-state index is 3.82. The van der Waals surface area contributed by atoms with Crippen molar-refractivity contribution >= 4 is 0 Å². The van der Waals surface area contributed by atoms with E-state index in [1.54, 1.807) is 0 Å². The third kappa shape index (κ3) is 2.43. The Labute approximate surface area is 99.8 Å². The summed E-state index contributed by atoms with van der Waals surface area (Å²) >= 11 is 0. The summed E-state index contributed by atoms with van der Waals surface area (Å²) < 4.78 is 0. The standard InChI is InChI=1S/C14H26N2/c1-2-7-16(8-3-1)9-6-15-14-11-12-4-5-13(14)10-12/h12-15H,1-11H2/t12-,13+,14-/m1/s1. The molecule has 1 N–H and O–H groups in total. The molecule has 3 rings (SSSR count). The molecule has 3 aliphatic rings. The number of nitrogens with one attached hydrogen (secondary N) is 1. The maximum atomic E-state index is 3.82. The number of likely N-dealkylation sites (tertiary alicyclic amines) is 1. The molecule has 0 amide bonds. The molecule has 0 unspecified atom stereocenters. The van der Waals surface area contributed by atoms with E-state index in [0.29, 0.717) is 0 Å². The van der Waals surface area contributed by atoms with Crippen LogP contribution in [-0.4, -0.2) is 37.1 Å². The highest BCUT2D eigenvalue weighted by Crippen LogP contribution is 2.44. The Bertz CT molecular complexity index is 223. The van der Waals surface area contributed by atoms with Gasteiger partial charge in [-0.25, -0.2) is 0 Å². The number of piperidine rings is 1. The van der Waals surface area contributed by atoms with Gasteiger partial charge in [-0.1, -0.05) is 12.8 Å². The molecule has 1 aliphatic heterocycles. The third-order valence-electron chi connectivity index (χ3n) is 5.02. The van der Waals surface area contributed by atoms with Crippen molar-refractivity contribution < 1.29 is 0 Å². The first-order chi connectivity index (χ1) is 7.92.